The van der Waals surface area contributed by atoms with Crippen molar-refractivity contribution in [2.24, 2.45) is 0 Å². The molecule has 0 unspecified atom stereocenters. The zero-order valence-corrected chi connectivity index (χ0v) is 21.8. The van der Waals surface area contributed by atoms with Gasteiger partial charge in [0.05, 0.1) is 45.7 Å². The first-order chi connectivity index (χ1) is 17.8. The van der Waals surface area contributed by atoms with Crippen molar-refractivity contribution in [3.05, 3.63) is 77.9 Å². The Morgan fingerprint density at radius 2 is 1.86 bits per heavy atom. The summed E-state index contributed by atoms with van der Waals surface area (Å²) in [5.41, 5.74) is -0.0332. The van der Waals surface area contributed by atoms with Crippen LogP contribution < -0.4 is 4.74 Å². The quantitative estimate of drug-likeness (QED) is 0.396. The molecule has 8 heteroatoms. The highest BCUT2D eigenvalue weighted by atomic mass is 16.7. The van der Waals surface area contributed by atoms with E-state index in [9.17, 15) is 9.90 Å². The predicted octanol–water partition coefficient (Wildman–Crippen LogP) is 4.11. The van der Waals surface area contributed by atoms with E-state index in [2.05, 4.69) is 0 Å². The van der Waals surface area contributed by atoms with Crippen molar-refractivity contribution in [1.82, 2.24) is 0 Å². The van der Waals surface area contributed by atoms with Crippen molar-refractivity contribution < 1.29 is 38.3 Å². The molecule has 8 nitrogen and oxygen atoms in total. The van der Waals surface area contributed by atoms with Gasteiger partial charge in [-0.25, -0.2) is 4.79 Å². The van der Waals surface area contributed by atoms with Gasteiger partial charge in [-0.1, -0.05) is 48.5 Å². The Hall–Kier alpha value is -2.75. The number of esters is 1. The third-order valence-corrected chi connectivity index (χ3v) is 7.17. The largest absolute Gasteiger partial charge is 0.497 e. The van der Waals surface area contributed by atoms with E-state index in [1.54, 1.807) is 13.2 Å². The summed E-state index contributed by atoms with van der Waals surface area (Å²) in [5, 5.41) is 11.4. The van der Waals surface area contributed by atoms with E-state index >= 15 is 0 Å². The highest BCUT2D eigenvalue weighted by molar-refractivity contribution is 5.81. The number of carbonyl (C=O) groups is 1. The Kier molecular flexibility index (Phi) is 8.67. The average Bonchev–Trinajstić information content (AvgIpc) is 2.91. The molecule has 2 fully saturated rings. The molecule has 2 aliphatic heterocycles. The number of hydrogen-bond donors (Lipinski definition) is 1. The van der Waals surface area contributed by atoms with Crippen LogP contribution in [0.25, 0.3) is 0 Å². The first-order valence-corrected chi connectivity index (χ1v) is 12.5. The summed E-state index contributed by atoms with van der Waals surface area (Å²) in [6.07, 6.45) is 1.36. The fourth-order valence-corrected chi connectivity index (χ4v) is 4.88. The number of aliphatic hydroxyl groups excluding tert-OH is 1. The summed E-state index contributed by atoms with van der Waals surface area (Å²) < 4.78 is 35.3. The Labute approximate surface area is 218 Å². The second-order valence-corrected chi connectivity index (χ2v) is 9.84. The van der Waals surface area contributed by atoms with Gasteiger partial charge in [0.2, 0.25) is 0 Å². The third-order valence-electron chi connectivity index (χ3n) is 7.17. The summed E-state index contributed by atoms with van der Waals surface area (Å²) in [7, 11) is 2.94. The van der Waals surface area contributed by atoms with Crippen LogP contribution in [0.15, 0.2) is 66.7 Å². The lowest BCUT2D eigenvalue weighted by molar-refractivity contribution is -0.369. The fourth-order valence-electron chi connectivity index (χ4n) is 4.88. The lowest BCUT2D eigenvalue weighted by Crippen LogP contribution is -2.68. The van der Waals surface area contributed by atoms with E-state index in [-0.39, 0.29) is 12.7 Å². The number of hydrogen-bond acceptors (Lipinski definition) is 8. The van der Waals surface area contributed by atoms with Gasteiger partial charge in [0, 0.05) is 18.1 Å². The number of benzene rings is 2. The second-order valence-electron chi connectivity index (χ2n) is 9.84. The monoisotopic (exact) mass is 512 g/mol. The molecule has 2 heterocycles. The fraction of sp³-hybridized carbons (Fsp3) is 0.483. The maximum atomic E-state index is 11.7. The molecule has 0 aromatic heterocycles. The van der Waals surface area contributed by atoms with Crippen molar-refractivity contribution in [3.8, 4) is 5.75 Å². The normalized spacial score (nSPS) is 30.5. The molecule has 2 aliphatic rings. The Morgan fingerprint density at radius 3 is 2.54 bits per heavy atom. The maximum absolute atomic E-state index is 11.7. The molecular weight excluding hydrogens is 476 g/mol. The van der Waals surface area contributed by atoms with Crippen LogP contribution in [0.2, 0.25) is 0 Å². The topological polar surface area (TPSA) is 92.7 Å². The molecule has 4 rings (SSSR count). The molecule has 2 aromatic carbocycles. The van der Waals surface area contributed by atoms with Crippen molar-refractivity contribution >= 4 is 5.97 Å². The molecule has 2 aromatic rings. The molecule has 0 spiro atoms. The second kappa shape index (κ2) is 11.8. The van der Waals surface area contributed by atoms with Gasteiger partial charge in [0.1, 0.15) is 17.0 Å². The van der Waals surface area contributed by atoms with Gasteiger partial charge in [-0.15, -0.1) is 0 Å². The summed E-state index contributed by atoms with van der Waals surface area (Å²) in [4.78, 5) is 11.7. The van der Waals surface area contributed by atoms with Crippen molar-refractivity contribution in [3.63, 3.8) is 0 Å². The molecule has 200 valence electrons. The number of carbonyl (C=O) groups excluding carboxylic acids is 1. The number of rotatable bonds is 9. The van der Waals surface area contributed by atoms with E-state index in [1.165, 1.54) is 13.2 Å². The first kappa shape index (κ1) is 27.3. The van der Waals surface area contributed by atoms with Crippen LogP contribution in [0.5, 0.6) is 5.75 Å². The van der Waals surface area contributed by atoms with Gasteiger partial charge in [-0.3, -0.25) is 0 Å². The van der Waals surface area contributed by atoms with E-state index in [1.807, 2.05) is 68.4 Å². The number of aliphatic hydroxyl groups is 1. The molecule has 0 aliphatic carbocycles. The minimum atomic E-state index is -1.09. The van der Waals surface area contributed by atoms with Gasteiger partial charge < -0.3 is 33.5 Å². The summed E-state index contributed by atoms with van der Waals surface area (Å²) in [5.74, 6) is 0.293. The first-order valence-electron chi connectivity index (χ1n) is 12.5. The Morgan fingerprint density at radius 1 is 1.14 bits per heavy atom. The smallest absolute Gasteiger partial charge is 0.330 e. The zero-order valence-electron chi connectivity index (χ0n) is 21.8. The van der Waals surface area contributed by atoms with E-state index in [0.717, 1.165) is 16.9 Å². The van der Waals surface area contributed by atoms with Crippen LogP contribution in [0.4, 0.5) is 0 Å². The number of ether oxygens (including phenoxy) is 6. The highest BCUT2D eigenvalue weighted by Gasteiger charge is 2.57. The van der Waals surface area contributed by atoms with Gasteiger partial charge >= 0.3 is 5.97 Å². The molecular formula is C29H36O8. The van der Waals surface area contributed by atoms with Crippen molar-refractivity contribution in [2.75, 3.05) is 20.8 Å². The van der Waals surface area contributed by atoms with Gasteiger partial charge in [0.25, 0.3) is 0 Å². The molecule has 0 radical (unpaired) electrons. The lowest BCUT2D eigenvalue weighted by Gasteiger charge is -2.56. The number of fused-ring (bicyclic) bond motifs is 1. The summed E-state index contributed by atoms with van der Waals surface area (Å²) >= 11 is 0. The highest BCUT2D eigenvalue weighted by Crippen LogP contribution is 2.45. The summed E-state index contributed by atoms with van der Waals surface area (Å²) in [6.45, 7) is 4.36. The van der Waals surface area contributed by atoms with Crippen LogP contribution in [-0.4, -0.2) is 61.4 Å². The lowest BCUT2D eigenvalue weighted by atomic mass is 9.78. The van der Waals surface area contributed by atoms with E-state index in [4.69, 9.17) is 28.4 Å². The molecule has 1 N–H and O–H groups in total. The third kappa shape index (κ3) is 6.22. The Bertz CT molecular complexity index is 1060. The molecule has 0 saturated carbocycles. The molecule has 6 atom stereocenters. The SMILES string of the molecule is COC(=O)/C=C/C[C@H](OCc1ccc(OC)cc1)[C@]1(C)O[C@]2(C)CO[C@@H](c3ccccc3)O[C@H]2C[C@H]1O. The molecule has 0 amide bonds. The predicted molar refractivity (Wildman–Crippen MR) is 136 cm³/mol. The number of methoxy groups -OCH3 is 2. The van der Waals surface area contributed by atoms with Crippen molar-refractivity contribution in [1.29, 1.82) is 0 Å². The minimum Gasteiger partial charge on any atom is -0.497 e. The molecule has 2 saturated heterocycles. The van der Waals surface area contributed by atoms with Crippen LogP contribution in [0.3, 0.4) is 0 Å². The van der Waals surface area contributed by atoms with E-state index < -0.39 is 35.7 Å². The minimum absolute atomic E-state index is 0.287. The Balaban J connectivity index is 1.52. The van der Waals surface area contributed by atoms with Crippen LogP contribution in [0, 0.1) is 0 Å². The van der Waals surface area contributed by atoms with Crippen molar-refractivity contribution in [2.45, 2.75) is 69.1 Å². The van der Waals surface area contributed by atoms with Gasteiger partial charge in [-0.05, 0) is 38.0 Å². The molecule has 37 heavy (non-hydrogen) atoms. The molecule has 0 bridgehead atoms. The van der Waals surface area contributed by atoms with Crippen LogP contribution in [-0.2, 0) is 35.1 Å². The van der Waals surface area contributed by atoms with Crippen LogP contribution in [0.1, 0.15) is 44.1 Å². The van der Waals surface area contributed by atoms with Crippen LogP contribution >= 0.6 is 0 Å². The zero-order chi connectivity index (χ0) is 26.5. The standard InChI is InChI=1S/C29H36O8/c1-28-19-35-27(21-9-6-5-7-10-21)36-25(28)17-23(30)29(2,37-28)24(11-8-12-26(31)33-4)34-18-20-13-15-22(32-3)16-14-20/h5-10,12-16,23-25,27,30H,11,17-19H2,1-4H3/b12-8+/t23-,24+,25+,27-,28-,29-/m1/s1. The van der Waals surface area contributed by atoms with Gasteiger partial charge in [0.15, 0.2) is 6.29 Å². The van der Waals surface area contributed by atoms with Gasteiger partial charge in [-0.2, -0.15) is 0 Å². The summed E-state index contributed by atoms with van der Waals surface area (Å²) in [6, 6.07) is 17.3. The average molecular weight is 513 g/mol. The maximum Gasteiger partial charge on any atom is 0.330 e. The van der Waals surface area contributed by atoms with E-state index in [0.29, 0.717) is 19.4 Å².